The zero-order valence-electron chi connectivity index (χ0n) is 13.7. The summed E-state index contributed by atoms with van der Waals surface area (Å²) in [7, 11) is 0. The SMILES string of the molecule is Cc1nnc(Cn2c(N3CC[C@@H](F)[C@H](N)C3)nc3cc(F)ccc32)s1. The molecule has 0 unspecified atom stereocenters. The number of alkyl halides is 1. The van der Waals surface area contributed by atoms with Gasteiger partial charge < -0.3 is 15.2 Å². The molecule has 1 saturated heterocycles. The van der Waals surface area contributed by atoms with Crippen molar-refractivity contribution in [1.82, 2.24) is 19.7 Å². The maximum atomic E-state index is 13.7. The second kappa shape index (κ2) is 6.30. The molecule has 0 radical (unpaired) electrons. The summed E-state index contributed by atoms with van der Waals surface area (Å²) in [4.78, 5) is 6.55. The third-order valence-corrected chi connectivity index (χ3v) is 5.23. The van der Waals surface area contributed by atoms with Crippen molar-refractivity contribution < 1.29 is 8.78 Å². The first-order valence-electron chi connectivity index (χ1n) is 8.10. The number of benzene rings is 1. The quantitative estimate of drug-likeness (QED) is 0.772. The van der Waals surface area contributed by atoms with Crippen LogP contribution in [0.25, 0.3) is 11.0 Å². The average molecular weight is 364 g/mol. The molecule has 6 nitrogen and oxygen atoms in total. The Kier molecular flexibility index (Phi) is 4.12. The molecule has 0 saturated carbocycles. The molecule has 0 aliphatic carbocycles. The zero-order valence-corrected chi connectivity index (χ0v) is 14.5. The summed E-state index contributed by atoms with van der Waals surface area (Å²) in [6.07, 6.45) is -0.645. The highest BCUT2D eigenvalue weighted by Gasteiger charge is 2.29. The fourth-order valence-corrected chi connectivity index (χ4v) is 3.86. The summed E-state index contributed by atoms with van der Waals surface area (Å²) >= 11 is 1.51. The van der Waals surface area contributed by atoms with Gasteiger partial charge in [0.1, 0.15) is 22.0 Å². The van der Waals surface area contributed by atoms with Gasteiger partial charge in [-0.2, -0.15) is 0 Å². The average Bonchev–Trinajstić information content (AvgIpc) is 3.14. The topological polar surface area (TPSA) is 72.9 Å². The van der Waals surface area contributed by atoms with Crippen LogP contribution >= 0.6 is 11.3 Å². The minimum absolute atomic E-state index is 0.338. The number of aryl methyl sites for hydroxylation is 1. The van der Waals surface area contributed by atoms with E-state index in [1.165, 1.54) is 23.5 Å². The lowest BCUT2D eigenvalue weighted by Crippen LogP contribution is -2.50. The number of aromatic nitrogens is 4. The van der Waals surface area contributed by atoms with Gasteiger partial charge in [0, 0.05) is 19.2 Å². The van der Waals surface area contributed by atoms with Gasteiger partial charge in [-0.15, -0.1) is 10.2 Å². The maximum Gasteiger partial charge on any atom is 0.207 e. The number of imidazole rings is 1. The van der Waals surface area contributed by atoms with E-state index in [4.69, 9.17) is 5.73 Å². The van der Waals surface area contributed by atoms with Crippen LogP contribution in [0, 0.1) is 12.7 Å². The minimum atomic E-state index is -1.00. The molecule has 1 aliphatic heterocycles. The Morgan fingerprint density at radius 3 is 2.92 bits per heavy atom. The number of nitrogens with two attached hydrogens (primary N) is 1. The maximum absolute atomic E-state index is 13.7. The first-order chi connectivity index (χ1) is 12.0. The number of rotatable bonds is 3. The molecule has 9 heteroatoms. The van der Waals surface area contributed by atoms with Crippen molar-refractivity contribution in [3.63, 3.8) is 0 Å². The standard InChI is InChI=1S/C16H18F2N6S/c1-9-21-22-15(25-9)8-24-14-3-2-10(17)6-13(14)20-16(24)23-5-4-11(18)12(19)7-23/h2-3,6,11-12H,4-5,7-8,19H2,1H3/t11-,12-/m1/s1. The number of anilines is 1. The van der Waals surface area contributed by atoms with Gasteiger partial charge in [0.15, 0.2) is 0 Å². The molecular formula is C16H18F2N6S. The number of nitrogens with zero attached hydrogens (tertiary/aromatic N) is 5. The molecule has 2 atom stereocenters. The molecule has 2 aromatic heterocycles. The molecule has 1 fully saturated rings. The molecule has 1 aliphatic rings. The lowest BCUT2D eigenvalue weighted by atomic mass is 10.1. The van der Waals surface area contributed by atoms with Crippen molar-refractivity contribution in [1.29, 1.82) is 0 Å². The highest BCUT2D eigenvalue weighted by Crippen LogP contribution is 2.28. The van der Waals surface area contributed by atoms with Crippen LogP contribution < -0.4 is 10.6 Å². The number of halogens is 2. The minimum Gasteiger partial charge on any atom is -0.340 e. The summed E-state index contributed by atoms with van der Waals surface area (Å²) in [6, 6.07) is 3.97. The van der Waals surface area contributed by atoms with E-state index in [1.807, 2.05) is 16.4 Å². The summed E-state index contributed by atoms with van der Waals surface area (Å²) in [5, 5.41) is 9.94. The highest BCUT2D eigenvalue weighted by atomic mass is 32.1. The first-order valence-corrected chi connectivity index (χ1v) is 8.92. The van der Waals surface area contributed by atoms with Crippen LogP contribution in [0.2, 0.25) is 0 Å². The monoisotopic (exact) mass is 364 g/mol. The van der Waals surface area contributed by atoms with Crippen LogP contribution in [0.4, 0.5) is 14.7 Å². The molecule has 4 rings (SSSR count). The van der Waals surface area contributed by atoms with E-state index in [0.29, 0.717) is 37.5 Å². The molecule has 132 valence electrons. The zero-order chi connectivity index (χ0) is 17.6. The smallest absolute Gasteiger partial charge is 0.207 e. The van der Waals surface area contributed by atoms with Crippen LogP contribution in [-0.4, -0.2) is 45.1 Å². The van der Waals surface area contributed by atoms with Crippen molar-refractivity contribution in [2.75, 3.05) is 18.0 Å². The molecule has 3 aromatic rings. The number of hydrogen-bond donors (Lipinski definition) is 1. The number of fused-ring (bicyclic) bond motifs is 1. The fourth-order valence-electron chi connectivity index (χ4n) is 3.16. The van der Waals surface area contributed by atoms with E-state index < -0.39 is 12.2 Å². The van der Waals surface area contributed by atoms with Crippen LogP contribution in [0.3, 0.4) is 0 Å². The molecule has 0 bridgehead atoms. The van der Waals surface area contributed by atoms with Crippen molar-refractivity contribution in [2.24, 2.45) is 5.73 Å². The van der Waals surface area contributed by atoms with Crippen LogP contribution in [0.1, 0.15) is 16.4 Å². The van der Waals surface area contributed by atoms with E-state index >= 15 is 0 Å². The predicted molar refractivity (Wildman–Crippen MR) is 93.1 cm³/mol. The van der Waals surface area contributed by atoms with Crippen molar-refractivity contribution in [2.45, 2.75) is 32.1 Å². The van der Waals surface area contributed by atoms with Crippen LogP contribution in [0.5, 0.6) is 0 Å². The Labute approximate surface area is 147 Å². The fraction of sp³-hybridized carbons (Fsp3) is 0.438. The van der Waals surface area contributed by atoms with E-state index in [-0.39, 0.29) is 5.82 Å². The van der Waals surface area contributed by atoms with Crippen LogP contribution in [0.15, 0.2) is 18.2 Å². The van der Waals surface area contributed by atoms with Crippen molar-refractivity contribution in [3.05, 3.63) is 34.0 Å². The molecule has 0 amide bonds. The molecule has 1 aromatic carbocycles. The van der Waals surface area contributed by atoms with Gasteiger partial charge in [-0.05, 0) is 25.5 Å². The molecule has 0 spiro atoms. The molecule has 25 heavy (non-hydrogen) atoms. The Morgan fingerprint density at radius 2 is 2.20 bits per heavy atom. The largest absolute Gasteiger partial charge is 0.340 e. The second-order valence-corrected chi connectivity index (χ2v) is 7.53. The summed E-state index contributed by atoms with van der Waals surface area (Å²) < 4.78 is 29.3. The van der Waals surface area contributed by atoms with Crippen LogP contribution in [-0.2, 0) is 6.54 Å². The van der Waals surface area contributed by atoms with Crippen molar-refractivity contribution >= 4 is 28.3 Å². The summed E-state index contributed by atoms with van der Waals surface area (Å²) in [6.45, 7) is 3.28. The Morgan fingerprint density at radius 1 is 1.36 bits per heavy atom. The third kappa shape index (κ3) is 3.09. The number of piperidine rings is 1. The Bertz CT molecular complexity index is 907. The molecule has 3 heterocycles. The van der Waals surface area contributed by atoms with Gasteiger partial charge in [-0.3, -0.25) is 0 Å². The van der Waals surface area contributed by atoms with Gasteiger partial charge in [-0.25, -0.2) is 13.8 Å². The number of hydrogen-bond acceptors (Lipinski definition) is 6. The normalized spacial score (nSPS) is 21.2. The van der Waals surface area contributed by atoms with Gasteiger partial charge in [-0.1, -0.05) is 11.3 Å². The van der Waals surface area contributed by atoms with Gasteiger partial charge >= 0.3 is 0 Å². The van der Waals surface area contributed by atoms with E-state index in [9.17, 15) is 8.78 Å². The van der Waals surface area contributed by atoms with Gasteiger partial charge in [0.2, 0.25) is 5.95 Å². The first kappa shape index (κ1) is 16.3. The van der Waals surface area contributed by atoms with E-state index in [2.05, 4.69) is 15.2 Å². The predicted octanol–water partition coefficient (Wildman–Crippen LogP) is 2.26. The Hall–Kier alpha value is -2.13. The lowest BCUT2D eigenvalue weighted by molar-refractivity contribution is 0.243. The summed E-state index contributed by atoms with van der Waals surface area (Å²) in [5.41, 5.74) is 7.26. The highest BCUT2D eigenvalue weighted by molar-refractivity contribution is 7.11. The second-order valence-electron chi connectivity index (χ2n) is 6.26. The van der Waals surface area contributed by atoms with E-state index in [1.54, 1.807) is 6.07 Å². The Balaban J connectivity index is 1.77. The van der Waals surface area contributed by atoms with Crippen molar-refractivity contribution in [3.8, 4) is 0 Å². The van der Waals surface area contributed by atoms with E-state index in [0.717, 1.165) is 15.5 Å². The van der Waals surface area contributed by atoms with Gasteiger partial charge in [0.25, 0.3) is 0 Å². The molecular weight excluding hydrogens is 346 g/mol. The molecule has 2 N–H and O–H groups in total. The summed E-state index contributed by atoms with van der Waals surface area (Å²) in [5.74, 6) is 0.324. The third-order valence-electron chi connectivity index (χ3n) is 4.40. The van der Waals surface area contributed by atoms with Gasteiger partial charge in [0.05, 0.1) is 23.6 Å². The lowest BCUT2D eigenvalue weighted by Gasteiger charge is -2.34.